The number of hydrogen-bond donors (Lipinski definition) is 1. The second kappa shape index (κ2) is 8.81. The molecule has 0 bridgehead atoms. The van der Waals surface area contributed by atoms with E-state index in [1.54, 1.807) is 7.11 Å². The molecule has 0 aliphatic heterocycles. The minimum absolute atomic E-state index is 0.104. The van der Waals surface area contributed by atoms with E-state index in [-0.39, 0.29) is 12.3 Å². The van der Waals surface area contributed by atoms with Gasteiger partial charge >= 0.3 is 0 Å². The summed E-state index contributed by atoms with van der Waals surface area (Å²) < 4.78 is 10.9. The van der Waals surface area contributed by atoms with E-state index in [1.165, 1.54) is 0 Å². The molecule has 1 aromatic carbocycles. The second-order valence-electron chi connectivity index (χ2n) is 4.27. The number of carbonyl (C=O) groups is 1. The van der Waals surface area contributed by atoms with Gasteiger partial charge < -0.3 is 14.8 Å². The van der Waals surface area contributed by atoms with Crippen LogP contribution in [-0.4, -0.2) is 26.2 Å². The summed E-state index contributed by atoms with van der Waals surface area (Å²) in [7, 11) is 1.61. The molecular formula is C15H20N2O3. The summed E-state index contributed by atoms with van der Waals surface area (Å²) in [4.78, 5) is 11.2. The van der Waals surface area contributed by atoms with Crippen molar-refractivity contribution in [1.29, 1.82) is 5.26 Å². The fourth-order valence-electron chi connectivity index (χ4n) is 1.68. The molecule has 0 heterocycles. The molecule has 20 heavy (non-hydrogen) atoms. The van der Waals surface area contributed by atoms with Gasteiger partial charge in [0.2, 0.25) is 5.91 Å². The molecule has 0 saturated carbocycles. The van der Waals surface area contributed by atoms with Crippen LogP contribution in [0.4, 0.5) is 0 Å². The van der Waals surface area contributed by atoms with Gasteiger partial charge in [0, 0.05) is 6.54 Å². The van der Waals surface area contributed by atoms with E-state index < -0.39 is 0 Å². The summed E-state index contributed by atoms with van der Waals surface area (Å²) in [5.41, 5.74) is 1.05. The molecular weight excluding hydrogens is 256 g/mol. The first-order valence-electron chi connectivity index (χ1n) is 6.64. The first kappa shape index (κ1) is 15.8. The summed E-state index contributed by atoms with van der Waals surface area (Å²) in [6.07, 6.45) is 1.51. The molecule has 108 valence electrons. The normalized spacial score (nSPS) is 9.65. The first-order chi connectivity index (χ1) is 9.71. The van der Waals surface area contributed by atoms with E-state index in [2.05, 4.69) is 5.32 Å². The summed E-state index contributed by atoms with van der Waals surface area (Å²) in [5.74, 6) is 1.18. The lowest BCUT2D eigenvalue weighted by Gasteiger charge is -2.12. The maximum absolute atomic E-state index is 11.2. The van der Waals surface area contributed by atoms with Crippen LogP contribution in [-0.2, 0) is 11.2 Å². The molecule has 1 rings (SSSR count). The lowest BCUT2D eigenvalue weighted by atomic mass is 10.1. The number of nitrogens with zero attached hydrogens (tertiary/aromatic N) is 1. The van der Waals surface area contributed by atoms with Crippen LogP contribution in [0, 0.1) is 11.3 Å². The molecule has 1 aromatic rings. The number of hydrogen-bond acceptors (Lipinski definition) is 4. The van der Waals surface area contributed by atoms with Gasteiger partial charge in [-0.2, -0.15) is 5.26 Å². The minimum atomic E-state index is -0.247. The van der Waals surface area contributed by atoms with E-state index in [1.807, 2.05) is 31.2 Å². The highest BCUT2D eigenvalue weighted by atomic mass is 16.5. The SMILES string of the molecule is CCCOc1cc(CCNC(=O)CC#N)ccc1OC. The second-order valence-corrected chi connectivity index (χ2v) is 4.27. The molecule has 0 radical (unpaired) electrons. The number of carbonyl (C=O) groups excluding carboxylic acids is 1. The van der Waals surface area contributed by atoms with Crippen molar-refractivity contribution in [2.24, 2.45) is 0 Å². The average Bonchev–Trinajstić information content (AvgIpc) is 2.45. The van der Waals surface area contributed by atoms with Crippen molar-refractivity contribution < 1.29 is 14.3 Å². The zero-order valence-electron chi connectivity index (χ0n) is 11.9. The predicted molar refractivity (Wildman–Crippen MR) is 75.7 cm³/mol. The van der Waals surface area contributed by atoms with Crippen molar-refractivity contribution in [2.75, 3.05) is 20.3 Å². The Kier molecular flexibility index (Phi) is 6.97. The van der Waals surface area contributed by atoms with Crippen molar-refractivity contribution in [2.45, 2.75) is 26.2 Å². The van der Waals surface area contributed by atoms with Crippen LogP contribution in [0.3, 0.4) is 0 Å². The molecule has 0 aliphatic carbocycles. The van der Waals surface area contributed by atoms with Crippen molar-refractivity contribution in [3.8, 4) is 17.6 Å². The number of ether oxygens (including phenoxy) is 2. The molecule has 0 aliphatic rings. The quantitative estimate of drug-likeness (QED) is 0.789. The van der Waals surface area contributed by atoms with E-state index in [0.717, 1.165) is 17.7 Å². The number of nitriles is 1. The molecule has 0 saturated heterocycles. The van der Waals surface area contributed by atoms with Gasteiger partial charge in [-0.25, -0.2) is 0 Å². The topological polar surface area (TPSA) is 71.3 Å². The van der Waals surface area contributed by atoms with E-state index in [0.29, 0.717) is 25.3 Å². The minimum Gasteiger partial charge on any atom is -0.493 e. The van der Waals surface area contributed by atoms with Crippen LogP contribution in [0.1, 0.15) is 25.3 Å². The molecule has 1 amide bonds. The Morgan fingerprint density at radius 1 is 1.40 bits per heavy atom. The highest BCUT2D eigenvalue weighted by Crippen LogP contribution is 2.28. The van der Waals surface area contributed by atoms with Gasteiger partial charge in [-0.05, 0) is 30.5 Å². The van der Waals surface area contributed by atoms with Gasteiger partial charge in [0.15, 0.2) is 11.5 Å². The van der Waals surface area contributed by atoms with E-state index >= 15 is 0 Å². The first-order valence-corrected chi connectivity index (χ1v) is 6.64. The molecule has 0 spiro atoms. The molecule has 0 aromatic heterocycles. The molecule has 5 heteroatoms. The fourth-order valence-corrected chi connectivity index (χ4v) is 1.68. The third-order valence-electron chi connectivity index (χ3n) is 2.67. The zero-order valence-corrected chi connectivity index (χ0v) is 11.9. The fraction of sp³-hybridized carbons (Fsp3) is 0.467. The van der Waals surface area contributed by atoms with Crippen molar-refractivity contribution in [3.63, 3.8) is 0 Å². The van der Waals surface area contributed by atoms with E-state index in [4.69, 9.17) is 14.7 Å². The number of rotatable bonds is 8. The maximum Gasteiger partial charge on any atom is 0.234 e. The summed E-state index contributed by atoms with van der Waals surface area (Å²) >= 11 is 0. The summed E-state index contributed by atoms with van der Waals surface area (Å²) in [5, 5.41) is 11.1. The third-order valence-corrected chi connectivity index (χ3v) is 2.67. The highest BCUT2D eigenvalue weighted by Gasteiger charge is 2.06. The van der Waals surface area contributed by atoms with Gasteiger partial charge in [-0.1, -0.05) is 13.0 Å². The Hall–Kier alpha value is -2.22. The molecule has 0 unspecified atom stereocenters. The number of methoxy groups -OCH3 is 1. The molecule has 1 N–H and O–H groups in total. The van der Waals surface area contributed by atoms with Gasteiger partial charge in [0.05, 0.1) is 19.8 Å². The average molecular weight is 276 g/mol. The lowest BCUT2D eigenvalue weighted by molar-refractivity contribution is -0.120. The van der Waals surface area contributed by atoms with Gasteiger partial charge in [0.1, 0.15) is 6.42 Å². The number of benzene rings is 1. The Balaban J connectivity index is 2.58. The van der Waals surface area contributed by atoms with Crippen LogP contribution in [0.15, 0.2) is 18.2 Å². The van der Waals surface area contributed by atoms with Crippen molar-refractivity contribution in [3.05, 3.63) is 23.8 Å². The third kappa shape index (κ3) is 5.19. The molecule has 5 nitrogen and oxygen atoms in total. The zero-order chi connectivity index (χ0) is 14.8. The predicted octanol–water partition coefficient (Wildman–Crippen LogP) is 2.06. The van der Waals surface area contributed by atoms with Gasteiger partial charge in [-0.3, -0.25) is 4.79 Å². The monoisotopic (exact) mass is 276 g/mol. The highest BCUT2D eigenvalue weighted by molar-refractivity contribution is 5.77. The summed E-state index contributed by atoms with van der Waals surface area (Å²) in [6.45, 7) is 3.18. The number of nitrogens with one attached hydrogen (secondary N) is 1. The Labute approximate surface area is 119 Å². The maximum atomic E-state index is 11.2. The molecule has 0 atom stereocenters. The van der Waals surface area contributed by atoms with Crippen LogP contribution in [0.2, 0.25) is 0 Å². The smallest absolute Gasteiger partial charge is 0.234 e. The van der Waals surface area contributed by atoms with Crippen LogP contribution < -0.4 is 14.8 Å². The van der Waals surface area contributed by atoms with Crippen LogP contribution >= 0.6 is 0 Å². The van der Waals surface area contributed by atoms with Crippen LogP contribution in [0.5, 0.6) is 11.5 Å². The standard InChI is InChI=1S/C15H20N2O3/c1-3-10-20-14-11-12(4-5-13(14)19-2)7-9-17-15(18)6-8-16/h4-5,11H,3,6-7,9-10H2,1-2H3,(H,17,18). The largest absolute Gasteiger partial charge is 0.493 e. The lowest BCUT2D eigenvalue weighted by Crippen LogP contribution is -2.24. The van der Waals surface area contributed by atoms with Crippen molar-refractivity contribution >= 4 is 5.91 Å². The Morgan fingerprint density at radius 2 is 2.20 bits per heavy atom. The van der Waals surface area contributed by atoms with Crippen LogP contribution in [0.25, 0.3) is 0 Å². The van der Waals surface area contributed by atoms with Gasteiger partial charge in [-0.15, -0.1) is 0 Å². The Bertz CT molecular complexity index is 480. The molecule has 0 fully saturated rings. The van der Waals surface area contributed by atoms with E-state index in [9.17, 15) is 4.79 Å². The summed E-state index contributed by atoms with van der Waals surface area (Å²) in [6, 6.07) is 7.53. The number of amides is 1. The Morgan fingerprint density at radius 3 is 2.85 bits per heavy atom. The van der Waals surface area contributed by atoms with Gasteiger partial charge in [0.25, 0.3) is 0 Å². The van der Waals surface area contributed by atoms with Crippen molar-refractivity contribution in [1.82, 2.24) is 5.32 Å².